The standard InChI is InChI=1S/C17H23FN2O/c1-13-5-6-14(18)11-15(13)16(21)20-10-9-19-12-17(20)7-3-2-4-8-17/h5-6,11,19H,2-4,7-10,12H2,1H3. The molecule has 1 N–H and O–H groups in total. The first-order valence-corrected chi connectivity index (χ1v) is 7.91. The third-order valence-electron chi connectivity index (χ3n) is 5.00. The van der Waals surface area contributed by atoms with Crippen molar-refractivity contribution in [2.24, 2.45) is 0 Å². The summed E-state index contributed by atoms with van der Waals surface area (Å²) in [4.78, 5) is 15.0. The molecule has 21 heavy (non-hydrogen) atoms. The van der Waals surface area contributed by atoms with Crippen molar-refractivity contribution in [1.82, 2.24) is 10.2 Å². The van der Waals surface area contributed by atoms with Gasteiger partial charge in [0, 0.05) is 25.2 Å². The lowest BCUT2D eigenvalue weighted by Crippen LogP contribution is -2.63. The average Bonchev–Trinajstić information content (AvgIpc) is 2.50. The van der Waals surface area contributed by atoms with Gasteiger partial charge in [-0.15, -0.1) is 0 Å². The summed E-state index contributed by atoms with van der Waals surface area (Å²) >= 11 is 0. The highest BCUT2D eigenvalue weighted by atomic mass is 19.1. The van der Waals surface area contributed by atoms with Crippen LogP contribution < -0.4 is 5.32 Å². The van der Waals surface area contributed by atoms with Crippen LogP contribution in [-0.2, 0) is 0 Å². The molecule has 3 rings (SSSR count). The predicted octanol–water partition coefficient (Wildman–Crippen LogP) is 2.88. The van der Waals surface area contributed by atoms with Gasteiger partial charge in [-0.1, -0.05) is 25.3 Å². The highest BCUT2D eigenvalue weighted by Crippen LogP contribution is 2.35. The Kier molecular flexibility index (Phi) is 3.98. The monoisotopic (exact) mass is 290 g/mol. The summed E-state index contributed by atoms with van der Waals surface area (Å²) in [5, 5.41) is 3.44. The molecular weight excluding hydrogens is 267 g/mol. The fraction of sp³-hybridized carbons (Fsp3) is 0.588. The molecule has 0 radical (unpaired) electrons. The fourth-order valence-corrected chi connectivity index (χ4v) is 3.79. The van der Waals surface area contributed by atoms with Gasteiger partial charge in [0.05, 0.1) is 5.54 Å². The Bertz CT molecular complexity index is 529. The fourth-order valence-electron chi connectivity index (χ4n) is 3.79. The van der Waals surface area contributed by atoms with Gasteiger partial charge >= 0.3 is 0 Å². The van der Waals surface area contributed by atoms with Gasteiger partial charge in [-0.25, -0.2) is 4.39 Å². The minimum atomic E-state index is -0.336. The molecule has 1 amide bonds. The molecule has 0 bridgehead atoms. The molecule has 3 nitrogen and oxygen atoms in total. The molecule has 1 aromatic carbocycles. The molecule has 1 saturated carbocycles. The number of rotatable bonds is 1. The first-order chi connectivity index (χ1) is 10.1. The van der Waals surface area contributed by atoms with Crippen molar-refractivity contribution in [3.05, 3.63) is 35.1 Å². The molecule has 4 heteroatoms. The van der Waals surface area contributed by atoms with Gasteiger partial charge in [0.1, 0.15) is 5.82 Å². The Balaban J connectivity index is 1.92. The number of halogens is 1. The topological polar surface area (TPSA) is 32.3 Å². The van der Waals surface area contributed by atoms with Crippen molar-refractivity contribution in [1.29, 1.82) is 0 Å². The molecule has 1 spiro atoms. The molecule has 1 saturated heterocycles. The molecule has 0 aromatic heterocycles. The van der Waals surface area contributed by atoms with Crippen molar-refractivity contribution >= 4 is 5.91 Å². The van der Waals surface area contributed by atoms with E-state index >= 15 is 0 Å². The third-order valence-corrected chi connectivity index (χ3v) is 5.00. The zero-order valence-corrected chi connectivity index (χ0v) is 12.6. The van der Waals surface area contributed by atoms with Crippen LogP contribution >= 0.6 is 0 Å². The molecule has 1 heterocycles. The van der Waals surface area contributed by atoms with Crippen LogP contribution in [0.15, 0.2) is 18.2 Å². The van der Waals surface area contributed by atoms with Crippen molar-refractivity contribution in [2.75, 3.05) is 19.6 Å². The zero-order valence-electron chi connectivity index (χ0n) is 12.6. The number of aryl methyl sites for hydroxylation is 1. The van der Waals surface area contributed by atoms with Crippen LogP contribution in [-0.4, -0.2) is 36.0 Å². The summed E-state index contributed by atoms with van der Waals surface area (Å²) in [6.07, 6.45) is 5.71. The van der Waals surface area contributed by atoms with E-state index in [0.29, 0.717) is 5.56 Å². The predicted molar refractivity (Wildman–Crippen MR) is 80.9 cm³/mol. The van der Waals surface area contributed by atoms with Gasteiger partial charge in [0.15, 0.2) is 0 Å². The third kappa shape index (κ3) is 2.69. The highest BCUT2D eigenvalue weighted by molar-refractivity contribution is 5.96. The number of benzene rings is 1. The average molecular weight is 290 g/mol. The maximum atomic E-state index is 13.5. The quantitative estimate of drug-likeness (QED) is 0.862. The van der Waals surface area contributed by atoms with Crippen LogP contribution in [0.3, 0.4) is 0 Å². The smallest absolute Gasteiger partial charge is 0.254 e. The largest absolute Gasteiger partial charge is 0.330 e. The van der Waals surface area contributed by atoms with Gasteiger partial charge in [0.25, 0.3) is 5.91 Å². The van der Waals surface area contributed by atoms with Gasteiger partial charge in [-0.2, -0.15) is 0 Å². The van der Waals surface area contributed by atoms with Crippen molar-refractivity contribution in [3.63, 3.8) is 0 Å². The second-order valence-electron chi connectivity index (χ2n) is 6.38. The highest BCUT2D eigenvalue weighted by Gasteiger charge is 2.42. The van der Waals surface area contributed by atoms with Crippen LogP contribution in [0, 0.1) is 12.7 Å². The maximum absolute atomic E-state index is 13.5. The van der Waals surface area contributed by atoms with Crippen LogP contribution in [0.4, 0.5) is 4.39 Å². The second-order valence-corrected chi connectivity index (χ2v) is 6.38. The lowest BCUT2D eigenvalue weighted by Gasteiger charge is -2.50. The Morgan fingerprint density at radius 2 is 2.05 bits per heavy atom. The van der Waals surface area contributed by atoms with Crippen LogP contribution in [0.25, 0.3) is 0 Å². The molecule has 1 aromatic rings. The van der Waals surface area contributed by atoms with E-state index in [1.807, 2.05) is 11.8 Å². The molecule has 1 aliphatic carbocycles. The van der Waals surface area contributed by atoms with Gasteiger partial charge in [-0.05, 0) is 37.5 Å². The molecule has 2 fully saturated rings. The van der Waals surface area contributed by atoms with Crippen molar-refractivity contribution < 1.29 is 9.18 Å². The number of hydrogen-bond donors (Lipinski definition) is 1. The minimum absolute atomic E-state index is 0.00426. The number of carbonyl (C=O) groups excluding carboxylic acids is 1. The van der Waals surface area contributed by atoms with E-state index in [1.54, 1.807) is 6.07 Å². The summed E-state index contributed by atoms with van der Waals surface area (Å²) in [5.41, 5.74) is 1.31. The first kappa shape index (κ1) is 14.5. The lowest BCUT2D eigenvalue weighted by atomic mass is 9.78. The van der Waals surface area contributed by atoms with Crippen LogP contribution in [0.5, 0.6) is 0 Å². The lowest BCUT2D eigenvalue weighted by molar-refractivity contribution is 0.0221. The van der Waals surface area contributed by atoms with E-state index < -0.39 is 0 Å². The summed E-state index contributed by atoms with van der Waals surface area (Å²) in [6.45, 7) is 4.28. The van der Waals surface area contributed by atoms with E-state index in [-0.39, 0.29) is 17.3 Å². The van der Waals surface area contributed by atoms with Gasteiger partial charge in [0.2, 0.25) is 0 Å². The molecule has 0 atom stereocenters. The van der Waals surface area contributed by atoms with E-state index in [0.717, 1.165) is 38.0 Å². The van der Waals surface area contributed by atoms with E-state index in [2.05, 4.69) is 5.32 Å². The number of piperazine rings is 1. The SMILES string of the molecule is Cc1ccc(F)cc1C(=O)N1CCNCC12CCCCC2. The van der Waals surface area contributed by atoms with E-state index in [1.165, 1.54) is 31.4 Å². The number of nitrogens with one attached hydrogen (secondary N) is 1. The van der Waals surface area contributed by atoms with Crippen LogP contribution in [0.1, 0.15) is 48.0 Å². The van der Waals surface area contributed by atoms with Crippen LogP contribution in [0.2, 0.25) is 0 Å². The van der Waals surface area contributed by atoms with Crippen molar-refractivity contribution in [3.8, 4) is 0 Å². The Hall–Kier alpha value is -1.42. The summed E-state index contributed by atoms with van der Waals surface area (Å²) < 4.78 is 13.5. The molecule has 2 aliphatic rings. The number of hydrogen-bond acceptors (Lipinski definition) is 2. The Morgan fingerprint density at radius 1 is 1.29 bits per heavy atom. The van der Waals surface area contributed by atoms with E-state index in [9.17, 15) is 9.18 Å². The molecule has 114 valence electrons. The Morgan fingerprint density at radius 3 is 2.81 bits per heavy atom. The minimum Gasteiger partial charge on any atom is -0.330 e. The summed E-state index contributed by atoms with van der Waals surface area (Å²) in [5.74, 6) is -0.341. The molecule has 0 unspecified atom stereocenters. The van der Waals surface area contributed by atoms with E-state index in [4.69, 9.17) is 0 Å². The maximum Gasteiger partial charge on any atom is 0.254 e. The zero-order chi connectivity index (χ0) is 14.9. The first-order valence-electron chi connectivity index (χ1n) is 7.91. The van der Waals surface area contributed by atoms with Crippen molar-refractivity contribution in [2.45, 2.75) is 44.6 Å². The molecular formula is C17H23FN2O. The number of nitrogens with zero attached hydrogens (tertiary/aromatic N) is 1. The molecule has 1 aliphatic heterocycles. The summed E-state index contributed by atoms with van der Waals surface area (Å²) in [7, 11) is 0. The van der Waals surface area contributed by atoms with Gasteiger partial charge < -0.3 is 10.2 Å². The second kappa shape index (κ2) is 5.76. The Labute approximate surface area is 125 Å². The number of amides is 1. The normalized spacial score (nSPS) is 21.5. The van der Waals surface area contributed by atoms with Gasteiger partial charge in [-0.3, -0.25) is 4.79 Å². The summed E-state index contributed by atoms with van der Waals surface area (Å²) in [6, 6.07) is 4.49. The number of carbonyl (C=O) groups is 1.